The maximum absolute atomic E-state index is 12.7. The van der Waals surface area contributed by atoms with E-state index >= 15 is 0 Å². The van der Waals surface area contributed by atoms with Gasteiger partial charge in [0.25, 0.3) is 0 Å². The Bertz CT molecular complexity index is 3030. The molecule has 6 rings (SSSR count). The normalized spacial score (nSPS) is 11.7. The molecule has 0 fully saturated rings. The molecular weight excluding hydrogens is 1500 g/mol. The van der Waals surface area contributed by atoms with E-state index in [0.717, 1.165) is 67.8 Å². The molecule has 4 atom stereocenters. The second-order valence-electron chi connectivity index (χ2n) is 26.2. The second-order valence-corrected chi connectivity index (χ2v) is 27.3. The summed E-state index contributed by atoms with van der Waals surface area (Å²) in [5, 5.41) is 16.5. The van der Waals surface area contributed by atoms with Crippen molar-refractivity contribution in [3.63, 3.8) is 0 Å². The van der Waals surface area contributed by atoms with Crippen LogP contribution in [0.15, 0.2) is 197 Å². The fraction of sp³-hybridized carbons (Fsp3) is 0.457. The van der Waals surface area contributed by atoms with Gasteiger partial charge in [0.15, 0.2) is 0 Å². The van der Waals surface area contributed by atoms with Gasteiger partial charge in [0.1, 0.15) is 47.5 Å². The molecule has 0 saturated carbocycles. The highest BCUT2D eigenvalue weighted by atomic mass is 127. The summed E-state index contributed by atoms with van der Waals surface area (Å²) in [6.07, 6.45) is 7.31. The predicted molar refractivity (Wildman–Crippen MR) is 425 cm³/mol. The molecule has 6 N–H and O–H groups in total. The molecule has 15 nitrogen and oxygen atoms in total. The standard InChI is InChI=1S/2C23H28FNO2.C19H21NO2.2C6H12FNO2.C4H8FI.2ClH/c2*1-23(2,3)27-22(26)20(16-10-11-17-24)25-21(18-12-6-4-7-13-18)19-14-8-5-9-15-19;1-19(2,3)22-17(21)14-20-18(15-10-6-4-7-11-15)16-12-8-5-9-13-16;2*7-4-2-1-3-5(8)6(9)10;5-3-1-2-4-6;;/h2*4-9,12-15,20H,10-11,16-17H2,1-3H3;4-13H,14H2,1-3H3;2*5H,1-4,8H2,(H,9,10);1-4H2;2*1H/t2*20-;;2*5-;;;/m10.10.../s1. The molecule has 6 aromatic rings. The number of nitrogens with two attached hydrogens (primary N) is 2. The topological polar surface area (TPSA) is 243 Å². The van der Waals surface area contributed by atoms with Crippen LogP contribution in [-0.2, 0) is 38.2 Å². The van der Waals surface area contributed by atoms with E-state index in [9.17, 15) is 45.9 Å². The Morgan fingerprint density at radius 3 is 0.817 bits per heavy atom. The monoisotopic (exact) mass is 1610 g/mol. The number of hydrogen-bond donors (Lipinski definition) is 4. The Kier molecular flexibility index (Phi) is 54.8. The predicted octanol–water partition coefficient (Wildman–Crippen LogP) is 18.7. The minimum absolute atomic E-state index is 0. The molecular formula is C81H111Cl2F5IN5O10. The number of aliphatic carboxylic acids is 2. The number of alkyl halides is 6. The van der Waals surface area contributed by atoms with E-state index in [1.807, 2.05) is 244 Å². The van der Waals surface area contributed by atoms with Gasteiger partial charge in [0, 0.05) is 33.4 Å². The molecule has 0 aliphatic heterocycles. The Morgan fingerprint density at radius 1 is 0.375 bits per heavy atom. The van der Waals surface area contributed by atoms with Gasteiger partial charge in [-0.3, -0.25) is 51.3 Å². The van der Waals surface area contributed by atoms with Crippen molar-refractivity contribution in [2.75, 3.05) is 44.3 Å². The summed E-state index contributed by atoms with van der Waals surface area (Å²) in [7, 11) is 0. The fourth-order valence-corrected chi connectivity index (χ4v) is 9.35. The summed E-state index contributed by atoms with van der Waals surface area (Å²) < 4.78 is 76.7. The van der Waals surface area contributed by atoms with Crippen LogP contribution in [0.5, 0.6) is 0 Å². The zero-order chi connectivity index (χ0) is 76.2. The first kappa shape index (κ1) is 98.6. The van der Waals surface area contributed by atoms with Crippen molar-refractivity contribution in [2.24, 2.45) is 26.4 Å². The molecule has 0 aliphatic rings. The number of carboxylic acid groups (broad SMARTS) is 2. The van der Waals surface area contributed by atoms with E-state index in [4.69, 9.17) is 45.9 Å². The molecule has 576 valence electrons. The smallest absolute Gasteiger partial charge is 0.331 e. The van der Waals surface area contributed by atoms with E-state index in [2.05, 4.69) is 27.6 Å². The van der Waals surface area contributed by atoms with Gasteiger partial charge in [-0.25, -0.2) is 9.59 Å². The van der Waals surface area contributed by atoms with Crippen molar-refractivity contribution in [2.45, 2.75) is 193 Å². The van der Waals surface area contributed by atoms with Crippen molar-refractivity contribution in [1.29, 1.82) is 0 Å². The van der Waals surface area contributed by atoms with Crippen LogP contribution in [0.4, 0.5) is 22.0 Å². The molecule has 0 aromatic heterocycles. The quantitative estimate of drug-likeness (QED) is 0.00572. The minimum Gasteiger partial charge on any atom is -0.480 e. The zero-order valence-corrected chi connectivity index (χ0v) is 65.5. The van der Waals surface area contributed by atoms with E-state index in [1.165, 1.54) is 0 Å². The van der Waals surface area contributed by atoms with Crippen LogP contribution in [0.25, 0.3) is 0 Å². The number of nitrogens with zero attached hydrogens (tertiary/aromatic N) is 3. The molecule has 104 heavy (non-hydrogen) atoms. The van der Waals surface area contributed by atoms with E-state index in [1.54, 1.807) is 0 Å². The largest absolute Gasteiger partial charge is 0.480 e. The molecule has 0 spiro atoms. The lowest BCUT2D eigenvalue weighted by Crippen LogP contribution is -2.31. The highest BCUT2D eigenvalue weighted by Gasteiger charge is 2.28. The number of rotatable bonds is 33. The molecule has 0 unspecified atom stereocenters. The summed E-state index contributed by atoms with van der Waals surface area (Å²) in [6, 6.07) is 55.8. The highest BCUT2D eigenvalue weighted by molar-refractivity contribution is 14.1. The van der Waals surface area contributed by atoms with Crippen LogP contribution in [0.2, 0.25) is 0 Å². The van der Waals surface area contributed by atoms with Crippen molar-refractivity contribution in [1.82, 2.24) is 0 Å². The Labute approximate surface area is 640 Å². The second kappa shape index (κ2) is 57.8. The molecule has 0 aliphatic carbocycles. The third-order valence-electron chi connectivity index (χ3n) is 13.7. The number of halogens is 8. The zero-order valence-electron chi connectivity index (χ0n) is 61.7. The molecule has 0 saturated heterocycles. The van der Waals surface area contributed by atoms with Crippen molar-refractivity contribution in [3.05, 3.63) is 215 Å². The number of esters is 3. The Balaban J connectivity index is 0. The van der Waals surface area contributed by atoms with Gasteiger partial charge in [0.05, 0.1) is 50.5 Å². The minimum atomic E-state index is -1.01. The Hall–Kier alpha value is -7.44. The summed E-state index contributed by atoms with van der Waals surface area (Å²) >= 11 is 2.24. The summed E-state index contributed by atoms with van der Waals surface area (Å²) in [5.74, 6) is -3.09. The number of ether oxygens (including phenoxy) is 3. The number of carbonyl (C=O) groups is 5. The van der Waals surface area contributed by atoms with Crippen molar-refractivity contribution < 1.29 is 70.3 Å². The van der Waals surface area contributed by atoms with Crippen LogP contribution >= 0.6 is 47.4 Å². The molecule has 0 amide bonds. The number of aliphatic imine (C=N–C) groups is 3. The first-order valence-electron chi connectivity index (χ1n) is 34.6. The summed E-state index contributed by atoms with van der Waals surface area (Å²) in [6.45, 7) is 14.8. The number of carbonyl (C=O) groups excluding carboxylic acids is 3. The van der Waals surface area contributed by atoms with Crippen molar-refractivity contribution >= 4 is 94.4 Å². The van der Waals surface area contributed by atoms with Gasteiger partial charge in [-0.1, -0.05) is 205 Å². The average molecular weight is 1610 g/mol. The molecule has 23 heteroatoms. The lowest BCUT2D eigenvalue weighted by Gasteiger charge is -2.23. The first-order chi connectivity index (χ1) is 48.5. The van der Waals surface area contributed by atoms with E-state index < -0.39 is 79.6 Å². The van der Waals surface area contributed by atoms with Gasteiger partial charge in [0.2, 0.25) is 0 Å². The van der Waals surface area contributed by atoms with E-state index in [0.29, 0.717) is 77.0 Å². The van der Waals surface area contributed by atoms with Gasteiger partial charge in [-0.05, 0) is 157 Å². The molecule has 0 radical (unpaired) electrons. The highest BCUT2D eigenvalue weighted by Crippen LogP contribution is 2.22. The number of carboxylic acids is 2. The van der Waals surface area contributed by atoms with Crippen LogP contribution in [0.3, 0.4) is 0 Å². The number of benzene rings is 6. The van der Waals surface area contributed by atoms with Crippen LogP contribution in [0, 0.1) is 0 Å². The van der Waals surface area contributed by atoms with Crippen LogP contribution in [-0.4, -0.2) is 143 Å². The maximum atomic E-state index is 12.7. The lowest BCUT2D eigenvalue weighted by atomic mass is 10.0. The third-order valence-corrected chi connectivity index (χ3v) is 14.4. The van der Waals surface area contributed by atoms with Crippen LogP contribution < -0.4 is 11.5 Å². The van der Waals surface area contributed by atoms with Gasteiger partial charge < -0.3 is 35.9 Å². The summed E-state index contributed by atoms with van der Waals surface area (Å²) in [5.41, 5.74) is 16.6. The van der Waals surface area contributed by atoms with Gasteiger partial charge in [-0.15, -0.1) is 24.8 Å². The fourth-order valence-electron chi connectivity index (χ4n) is 8.81. The van der Waals surface area contributed by atoms with E-state index in [-0.39, 0.29) is 55.9 Å². The Morgan fingerprint density at radius 2 is 0.606 bits per heavy atom. The average Bonchev–Trinajstić information content (AvgIpc) is 0.839. The maximum Gasteiger partial charge on any atom is 0.331 e. The van der Waals surface area contributed by atoms with Crippen LogP contribution in [0.1, 0.15) is 186 Å². The summed E-state index contributed by atoms with van der Waals surface area (Å²) in [4.78, 5) is 71.6. The lowest BCUT2D eigenvalue weighted by molar-refractivity contribution is -0.157. The third kappa shape index (κ3) is 47.8. The molecule has 0 bridgehead atoms. The number of unbranched alkanes of at least 4 members (excludes halogenated alkanes) is 5. The first-order valence-corrected chi connectivity index (χ1v) is 36.1. The van der Waals surface area contributed by atoms with Gasteiger partial charge in [-0.2, -0.15) is 0 Å². The molecule has 0 heterocycles. The van der Waals surface area contributed by atoms with Crippen molar-refractivity contribution in [3.8, 4) is 0 Å². The molecule has 6 aromatic carbocycles. The number of hydrogen-bond acceptors (Lipinski definition) is 13. The SMILES string of the molecule is CC(C)(C)OC(=O)CN=C(c1ccccc1)c1ccccc1.CC(C)(C)OC(=O)[C@@H](CCCCF)N=C(c1ccccc1)c1ccccc1.CC(C)(C)OC(=O)[C@H](CCCCF)N=C(c1ccccc1)c1ccccc1.Cl.Cl.FCCCCI.N[C@@H](CCCCF)C(=O)O.N[C@H](CCCCF)C(=O)O. The van der Waals surface area contributed by atoms with Gasteiger partial charge >= 0.3 is 29.8 Å².